The van der Waals surface area contributed by atoms with Crippen LogP contribution in [-0.4, -0.2) is 14.2 Å². The fourth-order valence-electron chi connectivity index (χ4n) is 1.90. The van der Waals surface area contributed by atoms with Crippen molar-refractivity contribution in [2.24, 2.45) is 5.73 Å². The first kappa shape index (κ1) is 13.9. The summed E-state index contributed by atoms with van der Waals surface area (Å²) in [4.78, 5) is 0. The standard InChI is InChI=1S/C15H16BrNO2/c1-18-11-5-3-4-10(8-11)15(17)13-7-6-12(19-2)9-14(13)16/h3-9,15H,17H2,1-2H3. The van der Waals surface area contributed by atoms with Crippen molar-refractivity contribution >= 4 is 15.9 Å². The maximum atomic E-state index is 6.31. The zero-order valence-corrected chi connectivity index (χ0v) is 12.5. The second-order valence-electron chi connectivity index (χ2n) is 4.14. The van der Waals surface area contributed by atoms with Crippen molar-refractivity contribution in [3.8, 4) is 11.5 Å². The summed E-state index contributed by atoms with van der Waals surface area (Å²) in [7, 11) is 3.29. The summed E-state index contributed by atoms with van der Waals surface area (Å²) in [5, 5.41) is 0. The van der Waals surface area contributed by atoms with Gasteiger partial charge in [-0.15, -0.1) is 0 Å². The van der Waals surface area contributed by atoms with E-state index in [1.54, 1.807) is 14.2 Å². The van der Waals surface area contributed by atoms with E-state index in [1.807, 2.05) is 42.5 Å². The van der Waals surface area contributed by atoms with Crippen LogP contribution in [0.5, 0.6) is 11.5 Å². The topological polar surface area (TPSA) is 44.5 Å². The number of halogens is 1. The van der Waals surface area contributed by atoms with Crippen LogP contribution in [0.1, 0.15) is 17.2 Å². The van der Waals surface area contributed by atoms with Crippen LogP contribution in [0.15, 0.2) is 46.9 Å². The van der Waals surface area contributed by atoms with Crippen LogP contribution < -0.4 is 15.2 Å². The Labute approximate surface area is 121 Å². The first-order valence-electron chi connectivity index (χ1n) is 5.88. The van der Waals surface area contributed by atoms with Crippen molar-refractivity contribution in [3.05, 3.63) is 58.1 Å². The average Bonchev–Trinajstić information content (AvgIpc) is 2.46. The Bertz CT molecular complexity index is 572. The molecule has 0 aliphatic carbocycles. The van der Waals surface area contributed by atoms with E-state index in [1.165, 1.54) is 0 Å². The van der Waals surface area contributed by atoms with Crippen LogP contribution in [0.4, 0.5) is 0 Å². The lowest BCUT2D eigenvalue weighted by Crippen LogP contribution is -2.12. The van der Waals surface area contributed by atoms with Crippen molar-refractivity contribution in [2.45, 2.75) is 6.04 Å². The van der Waals surface area contributed by atoms with E-state index in [0.717, 1.165) is 27.1 Å². The van der Waals surface area contributed by atoms with Gasteiger partial charge in [0.25, 0.3) is 0 Å². The smallest absolute Gasteiger partial charge is 0.120 e. The van der Waals surface area contributed by atoms with E-state index in [9.17, 15) is 0 Å². The van der Waals surface area contributed by atoms with E-state index >= 15 is 0 Å². The van der Waals surface area contributed by atoms with Gasteiger partial charge in [0.05, 0.1) is 20.3 Å². The Hall–Kier alpha value is -1.52. The van der Waals surface area contributed by atoms with Crippen LogP contribution in [0, 0.1) is 0 Å². The fourth-order valence-corrected chi connectivity index (χ4v) is 2.51. The highest BCUT2D eigenvalue weighted by Crippen LogP contribution is 2.31. The predicted octanol–water partition coefficient (Wildman–Crippen LogP) is 3.51. The lowest BCUT2D eigenvalue weighted by molar-refractivity contribution is 0.413. The maximum absolute atomic E-state index is 6.31. The monoisotopic (exact) mass is 321 g/mol. The zero-order chi connectivity index (χ0) is 13.8. The number of ether oxygens (including phenoxy) is 2. The molecule has 2 N–H and O–H groups in total. The van der Waals surface area contributed by atoms with Crippen molar-refractivity contribution in [3.63, 3.8) is 0 Å². The number of hydrogen-bond acceptors (Lipinski definition) is 3. The van der Waals surface area contributed by atoms with Gasteiger partial charge in [0, 0.05) is 4.47 Å². The molecule has 100 valence electrons. The van der Waals surface area contributed by atoms with Gasteiger partial charge in [-0.25, -0.2) is 0 Å². The number of benzene rings is 2. The lowest BCUT2D eigenvalue weighted by atomic mass is 9.99. The van der Waals surface area contributed by atoms with Crippen molar-refractivity contribution < 1.29 is 9.47 Å². The van der Waals surface area contributed by atoms with Gasteiger partial charge in [-0.2, -0.15) is 0 Å². The number of rotatable bonds is 4. The average molecular weight is 322 g/mol. The normalized spacial score (nSPS) is 12.0. The molecule has 3 nitrogen and oxygen atoms in total. The molecule has 0 aromatic heterocycles. The van der Waals surface area contributed by atoms with E-state index in [2.05, 4.69) is 15.9 Å². The minimum absolute atomic E-state index is 0.213. The molecule has 2 rings (SSSR count). The van der Waals surface area contributed by atoms with E-state index in [4.69, 9.17) is 15.2 Å². The third kappa shape index (κ3) is 3.08. The molecule has 0 saturated carbocycles. The molecule has 0 saturated heterocycles. The van der Waals surface area contributed by atoms with Gasteiger partial charge in [-0.1, -0.05) is 34.1 Å². The van der Waals surface area contributed by atoms with Crippen molar-refractivity contribution in [2.75, 3.05) is 14.2 Å². The summed E-state index contributed by atoms with van der Waals surface area (Å²) < 4.78 is 11.3. The molecule has 19 heavy (non-hydrogen) atoms. The molecule has 0 aliphatic rings. The molecule has 4 heteroatoms. The fraction of sp³-hybridized carbons (Fsp3) is 0.200. The summed E-state index contributed by atoms with van der Waals surface area (Å²) in [6.45, 7) is 0. The van der Waals surface area contributed by atoms with Crippen molar-refractivity contribution in [1.29, 1.82) is 0 Å². The highest BCUT2D eigenvalue weighted by atomic mass is 79.9. The summed E-state index contributed by atoms with van der Waals surface area (Å²) in [5.74, 6) is 1.60. The molecule has 2 aromatic rings. The Morgan fingerprint density at radius 3 is 2.32 bits per heavy atom. The van der Waals surface area contributed by atoms with Gasteiger partial charge in [-0.05, 0) is 35.4 Å². The minimum atomic E-state index is -0.213. The number of methoxy groups -OCH3 is 2. The molecule has 0 radical (unpaired) electrons. The van der Waals surface area contributed by atoms with Gasteiger partial charge < -0.3 is 15.2 Å². The highest BCUT2D eigenvalue weighted by molar-refractivity contribution is 9.10. The molecule has 0 spiro atoms. The van der Waals surface area contributed by atoms with Crippen LogP contribution in [0.3, 0.4) is 0 Å². The SMILES string of the molecule is COc1cccc(C(N)c2ccc(OC)cc2Br)c1. The molecule has 1 unspecified atom stereocenters. The molecule has 0 fully saturated rings. The van der Waals surface area contributed by atoms with Gasteiger partial charge in [0.1, 0.15) is 11.5 Å². The van der Waals surface area contributed by atoms with Crippen LogP contribution in [-0.2, 0) is 0 Å². The van der Waals surface area contributed by atoms with Gasteiger partial charge in [-0.3, -0.25) is 0 Å². The van der Waals surface area contributed by atoms with Gasteiger partial charge in [0.15, 0.2) is 0 Å². The largest absolute Gasteiger partial charge is 0.497 e. The second kappa shape index (κ2) is 6.08. The quantitative estimate of drug-likeness (QED) is 0.937. The minimum Gasteiger partial charge on any atom is -0.497 e. The molecular weight excluding hydrogens is 306 g/mol. The molecule has 0 bridgehead atoms. The lowest BCUT2D eigenvalue weighted by Gasteiger charge is -2.16. The second-order valence-corrected chi connectivity index (χ2v) is 5.00. The molecule has 0 amide bonds. The highest BCUT2D eigenvalue weighted by Gasteiger charge is 2.13. The molecular formula is C15H16BrNO2. The van der Waals surface area contributed by atoms with E-state index in [-0.39, 0.29) is 6.04 Å². The Kier molecular flexibility index (Phi) is 4.45. The molecule has 2 aromatic carbocycles. The first-order chi connectivity index (χ1) is 9.15. The van der Waals surface area contributed by atoms with Crippen LogP contribution >= 0.6 is 15.9 Å². The summed E-state index contributed by atoms with van der Waals surface area (Å²) >= 11 is 3.53. The zero-order valence-electron chi connectivity index (χ0n) is 10.9. The third-order valence-corrected chi connectivity index (χ3v) is 3.68. The molecule has 0 heterocycles. The summed E-state index contributed by atoms with van der Waals surface area (Å²) in [5.41, 5.74) is 8.32. The Morgan fingerprint density at radius 2 is 1.68 bits per heavy atom. The summed E-state index contributed by atoms with van der Waals surface area (Å²) in [6, 6.07) is 13.3. The van der Waals surface area contributed by atoms with Crippen LogP contribution in [0.25, 0.3) is 0 Å². The van der Waals surface area contributed by atoms with Gasteiger partial charge >= 0.3 is 0 Å². The number of nitrogens with two attached hydrogens (primary N) is 1. The first-order valence-corrected chi connectivity index (χ1v) is 6.68. The maximum Gasteiger partial charge on any atom is 0.120 e. The predicted molar refractivity (Wildman–Crippen MR) is 79.7 cm³/mol. The summed E-state index contributed by atoms with van der Waals surface area (Å²) in [6.07, 6.45) is 0. The third-order valence-electron chi connectivity index (χ3n) is 3.00. The van der Waals surface area contributed by atoms with Crippen molar-refractivity contribution in [1.82, 2.24) is 0 Å². The Balaban J connectivity index is 2.35. The van der Waals surface area contributed by atoms with E-state index < -0.39 is 0 Å². The van der Waals surface area contributed by atoms with Gasteiger partial charge in [0.2, 0.25) is 0 Å². The Morgan fingerprint density at radius 1 is 1.00 bits per heavy atom. The number of hydrogen-bond donors (Lipinski definition) is 1. The molecule has 0 aliphatic heterocycles. The van der Waals surface area contributed by atoms with E-state index in [0.29, 0.717) is 0 Å². The van der Waals surface area contributed by atoms with Crippen LogP contribution in [0.2, 0.25) is 0 Å². The molecule has 1 atom stereocenters.